The minimum Gasteiger partial charge on any atom is -0.541 e. The first-order valence-corrected chi connectivity index (χ1v) is 17.2. The Kier molecular flexibility index (Phi) is 8.82. The van der Waals surface area contributed by atoms with E-state index in [1.807, 2.05) is 19.9 Å². The molecule has 184 valence electrons. The highest BCUT2D eigenvalue weighted by atomic mass is 28.4. The van der Waals surface area contributed by atoms with E-state index in [0.29, 0.717) is 12.2 Å². The second kappa shape index (κ2) is 9.85. The largest absolute Gasteiger partial charge is 0.541 e. The van der Waals surface area contributed by atoms with E-state index in [1.54, 1.807) is 7.11 Å². The van der Waals surface area contributed by atoms with E-state index >= 15 is 0 Å². The van der Waals surface area contributed by atoms with Gasteiger partial charge in [0.05, 0.1) is 7.11 Å². The summed E-state index contributed by atoms with van der Waals surface area (Å²) in [5.41, 5.74) is 3.07. The van der Waals surface area contributed by atoms with E-state index in [1.165, 1.54) is 0 Å². The Morgan fingerprint density at radius 1 is 1.00 bits per heavy atom. The maximum absolute atomic E-state index is 11.5. The van der Waals surface area contributed by atoms with E-state index in [9.17, 15) is 10.1 Å². The molecule has 1 atom stereocenters. The van der Waals surface area contributed by atoms with Gasteiger partial charge in [-0.05, 0) is 72.9 Å². The van der Waals surface area contributed by atoms with Crippen LogP contribution in [0.15, 0.2) is 6.07 Å². The molecule has 0 fully saturated rings. The number of ether oxygens (including phenoxy) is 1. The first kappa shape index (κ1) is 28.6. The van der Waals surface area contributed by atoms with Crippen molar-refractivity contribution >= 4 is 16.6 Å². The fraction of sp³-hybridized carbons (Fsp3) is 0.750. The molecule has 6 nitrogen and oxygen atoms in total. The van der Waals surface area contributed by atoms with Crippen molar-refractivity contribution in [2.75, 3.05) is 13.7 Å². The minimum atomic E-state index is -2.17. The third-order valence-corrected chi connectivity index (χ3v) is 16.1. The molecular formula is C24H45NO5Si2. The molecule has 32 heavy (non-hydrogen) atoms. The third kappa shape index (κ3) is 6.81. The molecule has 0 aliphatic carbocycles. The Balaban J connectivity index is 3.48. The first-order chi connectivity index (χ1) is 14.2. The molecular weight excluding hydrogens is 438 g/mol. The van der Waals surface area contributed by atoms with E-state index < -0.39 is 22.7 Å². The number of rotatable bonds is 9. The summed E-state index contributed by atoms with van der Waals surface area (Å²) in [7, 11) is -2.62. The fourth-order valence-corrected chi connectivity index (χ4v) is 5.51. The van der Waals surface area contributed by atoms with Crippen LogP contribution in [0.3, 0.4) is 0 Å². The standard InChI is InChI=1S/C24H45NO5Si2/c1-17-14-21(28-9)22(30-32(12,13)24(6,7)8)18(2)20(17)15-19(16-25(26)27)29-31(10,11)23(3,4)5/h14,19H,15-16H2,1-13H3/t19-/m1/s1. The smallest absolute Gasteiger partial charge is 0.250 e. The lowest BCUT2D eigenvalue weighted by Gasteiger charge is -2.39. The van der Waals surface area contributed by atoms with Crippen molar-refractivity contribution < 1.29 is 18.5 Å². The van der Waals surface area contributed by atoms with Crippen LogP contribution in [0.5, 0.6) is 11.5 Å². The Labute approximate surface area is 197 Å². The SMILES string of the molecule is COc1cc(C)c(C[C@H](C[N+](=O)[O-])O[Si](C)(C)C(C)(C)C)c(C)c1O[Si](C)(C)C(C)(C)C. The second-order valence-corrected chi connectivity index (χ2v) is 21.4. The van der Waals surface area contributed by atoms with Crippen molar-refractivity contribution in [2.24, 2.45) is 0 Å². The van der Waals surface area contributed by atoms with Gasteiger partial charge in [0.1, 0.15) is 11.9 Å². The zero-order valence-electron chi connectivity index (χ0n) is 22.6. The summed E-state index contributed by atoms with van der Waals surface area (Å²) in [5, 5.41) is 11.5. The van der Waals surface area contributed by atoms with Crippen molar-refractivity contribution in [3.8, 4) is 11.5 Å². The van der Waals surface area contributed by atoms with Crippen molar-refractivity contribution in [3.05, 3.63) is 32.9 Å². The van der Waals surface area contributed by atoms with Crippen LogP contribution in [-0.2, 0) is 10.8 Å². The summed E-state index contributed by atoms with van der Waals surface area (Å²) in [5.74, 6) is 1.47. The lowest BCUT2D eigenvalue weighted by atomic mass is 9.96. The number of methoxy groups -OCH3 is 1. The van der Waals surface area contributed by atoms with Crippen LogP contribution in [-0.4, -0.2) is 41.3 Å². The molecule has 0 N–H and O–H groups in total. The molecule has 0 aromatic heterocycles. The topological polar surface area (TPSA) is 70.8 Å². The monoisotopic (exact) mass is 483 g/mol. The fourth-order valence-electron chi connectivity index (χ4n) is 3.10. The molecule has 0 aliphatic heterocycles. The van der Waals surface area contributed by atoms with Gasteiger partial charge in [-0.1, -0.05) is 41.5 Å². The summed E-state index contributed by atoms with van der Waals surface area (Å²) in [6.07, 6.45) is -0.0133. The molecule has 1 aromatic rings. The van der Waals surface area contributed by atoms with Crippen molar-refractivity contribution in [3.63, 3.8) is 0 Å². The zero-order chi connectivity index (χ0) is 25.3. The molecule has 1 rings (SSSR count). The lowest BCUT2D eigenvalue weighted by Crippen LogP contribution is -2.46. The summed E-state index contributed by atoms with van der Waals surface area (Å²) >= 11 is 0. The molecule has 0 radical (unpaired) electrons. The Hall–Kier alpha value is -1.39. The molecule has 0 saturated heterocycles. The predicted molar refractivity (Wildman–Crippen MR) is 138 cm³/mol. The van der Waals surface area contributed by atoms with Gasteiger partial charge >= 0.3 is 0 Å². The second-order valence-electron chi connectivity index (χ2n) is 11.9. The highest BCUT2D eigenvalue weighted by Crippen LogP contribution is 2.44. The molecule has 0 saturated carbocycles. The first-order valence-electron chi connectivity index (χ1n) is 11.4. The van der Waals surface area contributed by atoms with Gasteiger partial charge in [0.2, 0.25) is 6.54 Å². The average Bonchev–Trinajstić information content (AvgIpc) is 2.57. The zero-order valence-corrected chi connectivity index (χ0v) is 24.6. The number of hydrogen-bond donors (Lipinski definition) is 0. The van der Waals surface area contributed by atoms with Crippen molar-refractivity contribution in [1.82, 2.24) is 0 Å². The van der Waals surface area contributed by atoms with Crippen LogP contribution >= 0.6 is 0 Å². The predicted octanol–water partition coefficient (Wildman–Crippen LogP) is 6.91. The van der Waals surface area contributed by atoms with E-state index in [0.717, 1.165) is 22.4 Å². The number of aryl methyl sites for hydroxylation is 1. The van der Waals surface area contributed by atoms with Gasteiger partial charge in [0, 0.05) is 11.3 Å². The van der Waals surface area contributed by atoms with Crippen LogP contribution in [0.4, 0.5) is 0 Å². The molecule has 0 aliphatic rings. The third-order valence-electron chi connectivity index (χ3n) is 7.28. The van der Waals surface area contributed by atoms with Gasteiger partial charge in [0.25, 0.3) is 8.32 Å². The van der Waals surface area contributed by atoms with Crippen LogP contribution in [0.1, 0.15) is 58.2 Å². The summed E-state index contributed by atoms with van der Waals surface area (Å²) in [4.78, 5) is 11.2. The maximum Gasteiger partial charge on any atom is 0.250 e. The Bertz CT molecular complexity index is 823. The normalized spacial score (nSPS) is 14.3. The van der Waals surface area contributed by atoms with E-state index in [2.05, 4.69) is 67.7 Å². The molecule has 1 aromatic carbocycles. The maximum atomic E-state index is 11.5. The van der Waals surface area contributed by atoms with Crippen molar-refractivity contribution in [2.45, 2.75) is 104 Å². The Morgan fingerprint density at radius 3 is 1.91 bits per heavy atom. The van der Waals surface area contributed by atoms with Crippen LogP contribution < -0.4 is 9.16 Å². The van der Waals surface area contributed by atoms with Crippen LogP contribution in [0, 0.1) is 24.0 Å². The highest BCUT2D eigenvalue weighted by molar-refractivity contribution is 6.75. The average molecular weight is 484 g/mol. The molecule has 0 unspecified atom stereocenters. The van der Waals surface area contributed by atoms with Crippen LogP contribution in [0.25, 0.3) is 0 Å². The number of nitro groups is 1. The molecule has 0 bridgehead atoms. The van der Waals surface area contributed by atoms with Crippen LogP contribution in [0.2, 0.25) is 36.3 Å². The number of hydrogen-bond acceptors (Lipinski definition) is 5. The summed E-state index contributed by atoms with van der Waals surface area (Å²) in [6.45, 7) is 25.6. The van der Waals surface area contributed by atoms with Gasteiger partial charge < -0.3 is 13.6 Å². The van der Waals surface area contributed by atoms with E-state index in [-0.39, 0.29) is 21.5 Å². The van der Waals surface area contributed by atoms with Gasteiger partial charge in [-0.25, -0.2) is 0 Å². The van der Waals surface area contributed by atoms with E-state index in [4.69, 9.17) is 13.6 Å². The number of nitrogens with zero attached hydrogens (tertiary/aromatic N) is 1. The highest BCUT2D eigenvalue weighted by Gasteiger charge is 2.42. The Morgan fingerprint density at radius 2 is 1.50 bits per heavy atom. The quantitative estimate of drug-likeness (QED) is 0.217. The molecule has 0 spiro atoms. The van der Waals surface area contributed by atoms with Gasteiger partial charge in [-0.15, -0.1) is 0 Å². The molecule has 0 amide bonds. The summed E-state index contributed by atoms with van der Waals surface area (Å²) < 4.78 is 18.9. The van der Waals surface area contributed by atoms with Gasteiger partial charge in [0.15, 0.2) is 14.1 Å². The van der Waals surface area contributed by atoms with Gasteiger partial charge in [-0.3, -0.25) is 10.1 Å². The lowest BCUT2D eigenvalue weighted by molar-refractivity contribution is -0.489. The minimum absolute atomic E-state index is 0.0253. The molecule has 8 heteroatoms. The van der Waals surface area contributed by atoms with Gasteiger partial charge in [-0.2, -0.15) is 0 Å². The molecule has 0 heterocycles. The number of benzene rings is 1. The van der Waals surface area contributed by atoms with Crippen molar-refractivity contribution in [1.29, 1.82) is 0 Å². The summed E-state index contributed by atoms with van der Waals surface area (Å²) in [6, 6.07) is 1.99.